The molecule has 0 amide bonds. The van der Waals surface area contributed by atoms with Crippen LogP contribution >= 0.6 is 12.6 Å². The molecule has 0 fully saturated rings. The second kappa shape index (κ2) is 3.96. The zero-order chi connectivity index (χ0) is 12.6. The molecule has 1 heterocycles. The first-order chi connectivity index (χ1) is 7.98. The normalized spacial score (nSPS) is 22.8. The van der Waals surface area contributed by atoms with Crippen LogP contribution in [0, 0.1) is 10.1 Å². The summed E-state index contributed by atoms with van der Waals surface area (Å²) in [7, 11) is 1.58. The van der Waals surface area contributed by atoms with E-state index in [1.807, 2.05) is 6.07 Å². The lowest BCUT2D eigenvalue weighted by atomic mass is 9.94. The predicted molar refractivity (Wildman–Crippen MR) is 66.5 cm³/mol. The Balaban J connectivity index is 2.66. The Hall–Kier alpha value is -1.69. The predicted octanol–water partition coefficient (Wildman–Crippen LogP) is 1.89. The van der Waals surface area contributed by atoms with Crippen LogP contribution in [0.1, 0.15) is 12.5 Å². The van der Waals surface area contributed by atoms with Crippen molar-refractivity contribution in [2.24, 2.45) is 0 Å². The Kier molecular flexibility index (Phi) is 2.74. The molecular weight excluding hydrogens is 240 g/mol. The van der Waals surface area contributed by atoms with Gasteiger partial charge in [-0.05, 0) is 13.0 Å². The van der Waals surface area contributed by atoms with Crippen molar-refractivity contribution in [3.05, 3.63) is 51.5 Å². The van der Waals surface area contributed by atoms with Gasteiger partial charge in [0.2, 0.25) is 0 Å². The summed E-state index contributed by atoms with van der Waals surface area (Å²) in [4.78, 5) is 10.7. The van der Waals surface area contributed by atoms with E-state index >= 15 is 0 Å². The van der Waals surface area contributed by atoms with E-state index in [1.54, 1.807) is 32.2 Å². The van der Waals surface area contributed by atoms with Crippen molar-refractivity contribution in [2.75, 3.05) is 7.05 Å². The largest absolute Gasteiger partial charge is 0.435 e. The quantitative estimate of drug-likeness (QED) is 0.479. The second-order valence-corrected chi connectivity index (χ2v) is 4.75. The molecule has 0 saturated heterocycles. The fourth-order valence-electron chi connectivity index (χ4n) is 1.89. The summed E-state index contributed by atoms with van der Waals surface area (Å²) in [5, 5.41) is 13.8. The van der Waals surface area contributed by atoms with Crippen molar-refractivity contribution in [3.63, 3.8) is 0 Å². The molecule has 2 rings (SSSR count). The van der Waals surface area contributed by atoms with Gasteiger partial charge in [0.05, 0.1) is 4.92 Å². The molecule has 1 N–H and O–H groups in total. The van der Waals surface area contributed by atoms with Crippen LogP contribution in [-0.2, 0) is 4.75 Å². The molecule has 1 aliphatic rings. The van der Waals surface area contributed by atoms with Gasteiger partial charge < -0.3 is 10.1 Å². The van der Waals surface area contributed by atoms with Crippen molar-refractivity contribution in [1.29, 1.82) is 0 Å². The van der Waals surface area contributed by atoms with Crippen LogP contribution in [0.2, 0.25) is 0 Å². The number of para-hydroxylation sites is 1. The molecule has 0 bridgehead atoms. The fourth-order valence-corrected chi connectivity index (χ4v) is 2.26. The average Bonchev–Trinajstić information content (AvgIpc) is 2.27. The number of hydrogen-bond donors (Lipinski definition) is 2. The summed E-state index contributed by atoms with van der Waals surface area (Å²) in [5.74, 6) is 0.714. The lowest BCUT2D eigenvalue weighted by Gasteiger charge is -2.29. The van der Waals surface area contributed by atoms with Gasteiger partial charge in [-0.2, -0.15) is 12.6 Å². The third-order valence-electron chi connectivity index (χ3n) is 2.71. The average molecular weight is 252 g/mol. The molecule has 1 aromatic rings. The van der Waals surface area contributed by atoms with E-state index < -0.39 is 9.67 Å². The molecule has 0 spiro atoms. The highest BCUT2D eigenvalue weighted by Crippen LogP contribution is 2.45. The van der Waals surface area contributed by atoms with Crippen LogP contribution in [0.3, 0.4) is 0 Å². The number of hydrogen-bond acceptors (Lipinski definition) is 5. The number of benzene rings is 1. The lowest BCUT2D eigenvalue weighted by molar-refractivity contribution is -0.435. The van der Waals surface area contributed by atoms with Crippen molar-refractivity contribution in [3.8, 4) is 5.75 Å². The van der Waals surface area contributed by atoms with Crippen molar-refractivity contribution < 1.29 is 9.66 Å². The molecule has 1 unspecified atom stereocenters. The SMILES string of the molecule is CNC1=C([N+](=O)[O-])C(C)(S)c2ccccc2O1. The smallest absolute Gasteiger partial charge is 0.325 e. The van der Waals surface area contributed by atoms with Gasteiger partial charge in [-0.15, -0.1) is 0 Å². The van der Waals surface area contributed by atoms with Gasteiger partial charge in [-0.25, -0.2) is 0 Å². The zero-order valence-electron chi connectivity index (χ0n) is 9.43. The van der Waals surface area contributed by atoms with E-state index in [2.05, 4.69) is 17.9 Å². The monoisotopic (exact) mass is 252 g/mol. The van der Waals surface area contributed by atoms with Crippen LogP contribution in [0.25, 0.3) is 0 Å². The maximum Gasteiger partial charge on any atom is 0.325 e. The number of thiol groups is 1. The zero-order valence-corrected chi connectivity index (χ0v) is 10.3. The number of rotatable bonds is 2. The maximum atomic E-state index is 11.1. The Bertz CT molecular complexity index is 511. The van der Waals surface area contributed by atoms with Crippen LogP contribution in [0.15, 0.2) is 35.8 Å². The molecule has 1 aliphatic heterocycles. The van der Waals surface area contributed by atoms with E-state index in [4.69, 9.17) is 4.74 Å². The summed E-state index contributed by atoms with van der Waals surface area (Å²) in [6, 6.07) is 7.15. The summed E-state index contributed by atoms with van der Waals surface area (Å²) in [5.41, 5.74) is 0.607. The third-order valence-corrected chi connectivity index (χ3v) is 3.16. The summed E-state index contributed by atoms with van der Waals surface area (Å²) >= 11 is 4.43. The van der Waals surface area contributed by atoms with Gasteiger partial charge in [0.1, 0.15) is 10.5 Å². The first-order valence-corrected chi connectivity index (χ1v) is 5.50. The molecule has 1 atom stereocenters. The highest BCUT2D eigenvalue weighted by atomic mass is 32.1. The standard InChI is InChI=1S/C11H12N2O3S/c1-11(17)7-5-3-4-6-8(7)16-10(12-2)9(11)13(14)15/h3-6,12,17H,1-2H3. The highest BCUT2D eigenvalue weighted by molar-refractivity contribution is 7.81. The number of ether oxygens (including phenoxy) is 1. The van der Waals surface area contributed by atoms with E-state index in [1.165, 1.54) is 0 Å². The molecule has 1 aromatic carbocycles. The fraction of sp³-hybridized carbons (Fsp3) is 0.273. The summed E-state index contributed by atoms with van der Waals surface area (Å²) < 4.78 is 4.48. The van der Waals surface area contributed by atoms with Gasteiger partial charge >= 0.3 is 5.70 Å². The van der Waals surface area contributed by atoms with E-state index in [0.717, 1.165) is 0 Å². The molecule has 90 valence electrons. The van der Waals surface area contributed by atoms with Gasteiger partial charge in [0, 0.05) is 12.6 Å². The molecular formula is C11H12N2O3S. The second-order valence-electron chi connectivity index (χ2n) is 3.86. The van der Waals surface area contributed by atoms with Crippen LogP contribution < -0.4 is 10.1 Å². The first kappa shape index (κ1) is 11.8. The lowest BCUT2D eigenvalue weighted by Crippen LogP contribution is -2.34. The molecule has 0 radical (unpaired) electrons. The molecule has 17 heavy (non-hydrogen) atoms. The van der Waals surface area contributed by atoms with Gasteiger partial charge in [-0.1, -0.05) is 18.2 Å². The maximum absolute atomic E-state index is 11.1. The molecule has 0 saturated carbocycles. The Morgan fingerprint density at radius 1 is 1.47 bits per heavy atom. The van der Waals surface area contributed by atoms with Gasteiger partial charge in [0.25, 0.3) is 5.88 Å². The number of nitrogens with zero attached hydrogens (tertiary/aromatic N) is 1. The number of nitrogens with one attached hydrogen (secondary N) is 1. The van der Waals surface area contributed by atoms with E-state index in [-0.39, 0.29) is 11.6 Å². The molecule has 6 heteroatoms. The van der Waals surface area contributed by atoms with E-state index in [0.29, 0.717) is 11.3 Å². The Morgan fingerprint density at radius 2 is 2.12 bits per heavy atom. The van der Waals surface area contributed by atoms with E-state index in [9.17, 15) is 10.1 Å². The van der Waals surface area contributed by atoms with Crippen LogP contribution in [0.4, 0.5) is 0 Å². The third kappa shape index (κ3) is 1.74. The minimum Gasteiger partial charge on any atom is -0.435 e. The Morgan fingerprint density at radius 3 is 2.71 bits per heavy atom. The Labute approximate surface area is 104 Å². The van der Waals surface area contributed by atoms with Crippen molar-refractivity contribution in [1.82, 2.24) is 5.32 Å². The van der Waals surface area contributed by atoms with Crippen LogP contribution in [-0.4, -0.2) is 12.0 Å². The number of nitro groups is 1. The number of fused-ring (bicyclic) bond motifs is 1. The van der Waals surface area contributed by atoms with Gasteiger partial charge in [-0.3, -0.25) is 10.1 Å². The molecule has 0 aromatic heterocycles. The van der Waals surface area contributed by atoms with Crippen molar-refractivity contribution >= 4 is 12.6 Å². The first-order valence-electron chi connectivity index (χ1n) is 5.05. The van der Waals surface area contributed by atoms with Crippen molar-refractivity contribution in [2.45, 2.75) is 11.7 Å². The minimum atomic E-state index is -0.989. The molecule has 5 nitrogen and oxygen atoms in total. The van der Waals surface area contributed by atoms with Crippen LogP contribution in [0.5, 0.6) is 5.75 Å². The summed E-state index contributed by atoms with van der Waals surface area (Å²) in [6.45, 7) is 1.69. The van der Waals surface area contributed by atoms with Gasteiger partial charge in [0.15, 0.2) is 0 Å². The summed E-state index contributed by atoms with van der Waals surface area (Å²) in [6.07, 6.45) is 0. The topological polar surface area (TPSA) is 64.4 Å². The highest BCUT2D eigenvalue weighted by Gasteiger charge is 2.45. The molecule has 0 aliphatic carbocycles. The minimum absolute atomic E-state index is 0.0815.